The monoisotopic (exact) mass is 724 g/mol. The predicted molar refractivity (Wildman–Crippen MR) is 237 cm³/mol. The van der Waals surface area contributed by atoms with Crippen molar-refractivity contribution < 1.29 is 0 Å². The maximum Gasteiger partial charge on any atom is 0.0726 e. The van der Waals surface area contributed by atoms with E-state index in [1.165, 1.54) is 83.1 Å². The molecule has 266 valence electrons. The van der Waals surface area contributed by atoms with Gasteiger partial charge in [0.15, 0.2) is 0 Å². The third kappa shape index (κ3) is 4.47. The van der Waals surface area contributed by atoms with Crippen LogP contribution in [0.25, 0.3) is 60.9 Å². The highest BCUT2D eigenvalue weighted by Crippen LogP contribution is 2.64. The first-order valence-electron chi connectivity index (χ1n) is 19.8. The Balaban J connectivity index is 0.987. The first-order chi connectivity index (χ1) is 28.3. The van der Waals surface area contributed by atoms with Gasteiger partial charge in [0.1, 0.15) is 0 Å². The number of para-hydroxylation sites is 3. The maximum atomic E-state index is 2.44. The van der Waals surface area contributed by atoms with Crippen LogP contribution in [-0.2, 0) is 5.41 Å². The summed E-state index contributed by atoms with van der Waals surface area (Å²) in [6.45, 7) is 0. The summed E-state index contributed by atoms with van der Waals surface area (Å²) in [5.41, 5.74) is 19.6. The Labute approximate surface area is 332 Å². The summed E-state index contributed by atoms with van der Waals surface area (Å²) in [4.78, 5) is 2.44. The molecule has 9 aromatic carbocycles. The third-order valence-electron chi connectivity index (χ3n) is 12.4. The minimum atomic E-state index is -0.396. The van der Waals surface area contributed by atoms with Gasteiger partial charge in [0.25, 0.3) is 0 Å². The first-order valence-corrected chi connectivity index (χ1v) is 19.8. The molecule has 0 amide bonds. The largest absolute Gasteiger partial charge is 0.310 e. The van der Waals surface area contributed by atoms with Crippen molar-refractivity contribution in [2.45, 2.75) is 5.41 Å². The fourth-order valence-electron chi connectivity index (χ4n) is 10.1. The first kappa shape index (κ1) is 31.9. The van der Waals surface area contributed by atoms with Gasteiger partial charge in [-0.3, -0.25) is 0 Å². The zero-order valence-corrected chi connectivity index (χ0v) is 31.2. The smallest absolute Gasteiger partial charge is 0.0726 e. The number of benzene rings is 9. The second-order valence-corrected chi connectivity index (χ2v) is 15.2. The molecule has 0 N–H and O–H groups in total. The molecule has 10 aromatic rings. The number of anilines is 3. The van der Waals surface area contributed by atoms with E-state index in [0.717, 1.165) is 17.1 Å². The Hall–Kier alpha value is -7.42. The normalized spacial score (nSPS) is 13.1. The Kier molecular flexibility index (Phi) is 6.88. The summed E-state index contributed by atoms with van der Waals surface area (Å²) in [5, 5.41) is 2.55. The summed E-state index contributed by atoms with van der Waals surface area (Å²) >= 11 is 0. The van der Waals surface area contributed by atoms with Gasteiger partial charge in [-0.2, -0.15) is 0 Å². The molecule has 0 atom stereocenters. The minimum absolute atomic E-state index is 0.396. The maximum absolute atomic E-state index is 2.44. The van der Waals surface area contributed by atoms with Gasteiger partial charge in [0, 0.05) is 33.4 Å². The van der Waals surface area contributed by atoms with Gasteiger partial charge in [-0.05, 0) is 105 Å². The highest BCUT2D eigenvalue weighted by atomic mass is 15.1. The van der Waals surface area contributed by atoms with Crippen LogP contribution in [0.3, 0.4) is 0 Å². The average molecular weight is 725 g/mol. The van der Waals surface area contributed by atoms with Gasteiger partial charge in [0.05, 0.1) is 22.1 Å². The summed E-state index contributed by atoms with van der Waals surface area (Å²) in [6.07, 6.45) is 0. The van der Waals surface area contributed by atoms with Crippen LogP contribution in [0.4, 0.5) is 17.1 Å². The molecule has 0 aliphatic heterocycles. The lowest BCUT2D eigenvalue weighted by molar-refractivity contribution is 0.794. The van der Waals surface area contributed by atoms with E-state index in [2.05, 4.69) is 228 Å². The van der Waals surface area contributed by atoms with Gasteiger partial charge in [-0.1, -0.05) is 164 Å². The van der Waals surface area contributed by atoms with Crippen molar-refractivity contribution in [2.24, 2.45) is 0 Å². The van der Waals surface area contributed by atoms with Crippen LogP contribution in [0, 0.1) is 0 Å². The molecule has 2 nitrogen and oxygen atoms in total. The van der Waals surface area contributed by atoms with Crippen molar-refractivity contribution in [3.05, 3.63) is 241 Å². The molecule has 2 aliphatic rings. The molecule has 0 radical (unpaired) electrons. The van der Waals surface area contributed by atoms with Crippen molar-refractivity contribution in [2.75, 3.05) is 4.90 Å². The quantitative estimate of drug-likeness (QED) is 0.172. The van der Waals surface area contributed by atoms with Crippen molar-refractivity contribution in [1.82, 2.24) is 4.57 Å². The average Bonchev–Trinajstić information content (AvgIpc) is 3.90. The van der Waals surface area contributed by atoms with Crippen LogP contribution in [0.15, 0.2) is 218 Å². The number of hydrogen-bond acceptors (Lipinski definition) is 1. The van der Waals surface area contributed by atoms with E-state index in [9.17, 15) is 0 Å². The van der Waals surface area contributed by atoms with E-state index in [1.807, 2.05) is 0 Å². The van der Waals surface area contributed by atoms with E-state index in [0.29, 0.717) is 0 Å². The Morgan fingerprint density at radius 1 is 0.333 bits per heavy atom. The second-order valence-electron chi connectivity index (χ2n) is 15.2. The lowest BCUT2D eigenvalue weighted by atomic mass is 9.70. The van der Waals surface area contributed by atoms with E-state index < -0.39 is 5.41 Å². The lowest BCUT2D eigenvalue weighted by Gasteiger charge is -2.31. The van der Waals surface area contributed by atoms with Gasteiger partial charge in [-0.15, -0.1) is 0 Å². The zero-order valence-electron chi connectivity index (χ0n) is 31.2. The van der Waals surface area contributed by atoms with Crippen LogP contribution in [-0.4, -0.2) is 4.57 Å². The van der Waals surface area contributed by atoms with E-state index in [-0.39, 0.29) is 0 Å². The zero-order chi connectivity index (χ0) is 37.5. The molecule has 2 heteroatoms. The van der Waals surface area contributed by atoms with Crippen LogP contribution in [0.5, 0.6) is 0 Å². The Morgan fingerprint density at radius 2 is 0.789 bits per heavy atom. The fourth-order valence-corrected chi connectivity index (χ4v) is 10.1. The molecule has 0 saturated carbocycles. The number of rotatable bonds is 5. The molecule has 0 bridgehead atoms. The number of aromatic nitrogens is 1. The molecule has 57 heavy (non-hydrogen) atoms. The van der Waals surface area contributed by atoms with Crippen LogP contribution < -0.4 is 4.90 Å². The predicted octanol–water partition coefficient (Wildman–Crippen LogP) is 14.3. The molecule has 1 aromatic heterocycles. The van der Waals surface area contributed by atoms with Crippen molar-refractivity contribution in [3.8, 4) is 39.1 Å². The highest BCUT2D eigenvalue weighted by Gasteiger charge is 2.52. The molecular weight excluding hydrogens is 689 g/mol. The molecule has 0 fully saturated rings. The molecule has 2 aliphatic carbocycles. The summed E-state index contributed by atoms with van der Waals surface area (Å²) in [6, 6.07) is 80.3. The molecule has 1 spiro atoms. The fraction of sp³-hybridized carbons (Fsp3) is 0.0182. The van der Waals surface area contributed by atoms with Crippen molar-refractivity contribution >= 4 is 38.9 Å². The van der Waals surface area contributed by atoms with E-state index >= 15 is 0 Å². The van der Waals surface area contributed by atoms with Crippen LogP contribution >= 0.6 is 0 Å². The van der Waals surface area contributed by atoms with Crippen molar-refractivity contribution in [1.29, 1.82) is 0 Å². The van der Waals surface area contributed by atoms with Crippen molar-refractivity contribution in [3.63, 3.8) is 0 Å². The number of fused-ring (bicyclic) bond motifs is 13. The molecular formula is C55H36N2. The summed E-state index contributed by atoms with van der Waals surface area (Å²) < 4.78 is 2.37. The molecule has 0 unspecified atom stereocenters. The molecule has 12 rings (SSSR count). The highest BCUT2D eigenvalue weighted by molar-refractivity contribution is 6.09. The standard InChI is InChI=1S/C55H36N2/c1-2-15-39(16-3-1)56(40-33-29-37(30-34-40)38-31-35-41(36-32-38)57-51-26-12-7-19-44(51)45-20-8-13-27-52(45)57)53-28-14-25-50-54(53)46-21-6-11-24-49(46)55(50)47-22-9-4-17-42(47)43-18-5-10-23-48(43)55/h1-36H. The Morgan fingerprint density at radius 3 is 1.40 bits per heavy atom. The molecule has 0 saturated heterocycles. The van der Waals surface area contributed by atoms with Gasteiger partial charge in [0.2, 0.25) is 0 Å². The van der Waals surface area contributed by atoms with Gasteiger partial charge in [-0.25, -0.2) is 0 Å². The lowest BCUT2D eigenvalue weighted by Crippen LogP contribution is -2.26. The van der Waals surface area contributed by atoms with E-state index in [4.69, 9.17) is 0 Å². The number of nitrogens with zero attached hydrogens (tertiary/aromatic N) is 2. The topological polar surface area (TPSA) is 8.17 Å². The summed E-state index contributed by atoms with van der Waals surface area (Å²) in [7, 11) is 0. The SMILES string of the molecule is c1ccc(N(c2ccc(-c3ccc(-n4c5ccccc5c5ccccc54)cc3)cc2)c2cccc3c2-c2ccccc2C32c3ccccc3-c3ccccc32)cc1. The Bertz CT molecular complexity index is 3070. The molecule has 1 heterocycles. The van der Waals surface area contributed by atoms with Crippen LogP contribution in [0.1, 0.15) is 22.3 Å². The van der Waals surface area contributed by atoms with Gasteiger partial charge < -0.3 is 9.47 Å². The third-order valence-corrected chi connectivity index (χ3v) is 12.4. The van der Waals surface area contributed by atoms with Gasteiger partial charge >= 0.3 is 0 Å². The second kappa shape index (κ2) is 12.3. The van der Waals surface area contributed by atoms with E-state index in [1.54, 1.807) is 0 Å². The van der Waals surface area contributed by atoms with Crippen LogP contribution in [0.2, 0.25) is 0 Å². The summed E-state index contributed by atoms with van der Waals surface area (Å²) in [5.74, 6) is 0. The number of hydrogen-bond donors (Lipinski definition) is 0. The minimum Gasteiger partial charge on any atom is -0.310 e.